The van der Waals surface area contributed by atoms with Gasteiger partial charge in [0.2, 0.25) is 0 Å². The summed E-state index contributed by atoms with van der Waals surface area (Å²) in [6, 6.07) is 20.7. The highest BCUT2D eigenvalue weighted by Gasteiger charge is 2.18. The number of nitrogens with one attached hydrogen (secondary N) is 3. The fourth-order valence-corrected chi connectivity index (χ4v) is 6.19. The van der Waals surface area contributed by atoms with Crippen molar-refractivity contribution in [2.75, 3.05) is 17.2 Å². The van der Waals surface area contributed by atoms with Crippen LogP contribution in [0, 0.1) is 5.92 Å². The van der Waals surface area contributed by atoms with Crippen LogP contribution in [0.25, 0.3) is 23.1 Å². The topological polar surface area (TPSA) is 110 Å². The molecule has 1 saturated carbocycles. The summed E-state index contributed by atoms with van der Waals surface area (Å²) in [5.41, 5.74) is 5.27. The minimum Gasteiger partial charge on any atom is -0.351 e. The molecule has 1 aliphatic rings. The number of aromatic nitrogens is 3. The van der Waals surface area contributed by atoms with Crippen LogP contribution in [0.4, 0.5) is 11.4 Å². The number of aryl methyl sites for hydroxylation is 2. The van der Waals surface area contributed by atoms with E-state index in [0.29, 0.717) is 40.8 Å². The van der Waals surface area contributed by atoms with E-state index in [1.54, 1.807) is 59.9 Å². The fourth-order valence-electron chi connectivity index (χ4n) is 6.19. The van der Waals surface area contributed by atoms with Crippen LogP contribution >= 0.6 is 0 Å². The molecule has 240 valence electrons. The average molecular weight is 629 g/mol. The number of hydrogen-bond donors (Lipinski definition) is 3. The summed E-state index contributed by atoms with van der Waals surface area (Å²) in [5, 5.41) is 9.87. The average Bonchev–Trinajstić information content (AvgIpc) is 3.64. The van der Waals surface area contributed by atoms with Crippen molar-refractivity contribution in [1.82, 2.24) is 19.4 Å². The predicted molar refractivity (Wildman–Crippen MR) is 187 cm³/mol. The zero-order valence-corrected chi connectivity index (χ0v) is 26.8. The highest BCUT2D eigenvalue weighted by Crippen LogP contribution is 2.26. The third kappa shape index (κ3) is 7.87. The Morgan fingerprint density at radius 1 is 0.766 bits per heavy atom. The standard InChI is InChI=1S/C38H40N6O3/c1-43-25-32(21-34(43)37(46)39-19-18-26-8-4-3-5-9-26)42-38(47)35-22-31(24-44(35)2)41-36(45)29-16-14-27(15-17-29)12-13-28-20-30-10-6-7-11-33(30)40-23-28/h6-7,10-17,20-26H,3-5,8-9,18-19H2,1-2H3,(H,39,46)(H,41,45)(H,42,47)/b13-12+. The third-order valence-electron chi connectivity index (χ3n) is 8.81. The molecule has 0 saturated heterocycles. The second-order valence-corrected chi connectivity index (χ2v) is 12.3. The Bertz CT molecular complexity index is 1930. The molecule has 0 radical (unpaired) electrons. The van der Waals surface area contributed by atoms with Crippen LogP contribution < -0.4 is 16.0 Å². The maximum Gasteiger partial charge on any atom is 0.272 e. The van der Waals surface area contributed by atoms with Crippen molar-refractivity contribution in [2.24, 2.45) is 20.0 Å². The van der Waals surface area contributed by atoms with E-state index >= 15 is 0 Å². The number of carbonyl (C=O) groups excluding carboxylic acids is 3. The molecule has 5 aromatic rings. The van der Waals surface area contributed by atoms with E-state index in [1.165, 1.54) is 32.1 Å². The molecule has 3 amide bonds. The Morgan fingerprint density at radius 3 is 2.13 bits per heavy atom. The molecule has 3 N–H and O–H groups in total. The van der Waals surface area contributed by atoms with Gasteiger partial charge in [0, 0.05) is 50.2 Å². The number of nitrogens with zero attached hydrogens (tertiary/aromatic N) is 3. The second kappa shape index (κ2) is 14.3. The smallest absolute Gasteiger partial charge is 0.272 e. The summed E-state index contributed by atoms with van der Waals surface area (Å²) in [7, 11) is 3.53. The maximum atomic E-state index is 13.1. The van der Waals surface area contributed by atoms with Gasteiger partial charge in [0.15, 0.2) is 0 Å². The lowest BCUT2D eigenvalue weighted by molar-refractivity contribution is 0.0940. The summed E-state index contributed by atoms with van der Waals surface area (Å²) in [6.07, 6.45) is 16.6. The molecular formula is C38H40N6O3. The van der Waals surface area contributed by atoms with E-state index in [2.05, 4.69) is 27.0 Å². The Balaban J connectivity index is 1.02. The first kappa shape index (κ1) is 31.5. The number of fused-ring (bicyclic) bond motifs is 1. The van der Waals surface area contributed by atoms with Crippen molar-refractivity contribution in [3.8, 4) is 0 Å². The molecule has 3 aromatic heterocycles. The van der Waals surface area contributed by atoms with Crippen molar-refractivity contribution in [1.29, 1.82) is 0 Å². The Morgan fingerprint density at radius 2 is 1.40 bits per heavy atom. The van der Waals surface area contributed by atoms with Gasteiger partial charge in [-0.1, -0.05) is 74.6 Å². The molecule has 47 heavy (non-hydrogen) atoms. The first-order valence-corrected chi connectivity index (χ1v) is 16.2. The number of amides is 3. The minimum atomic E-state index is -0.347. The molecule has 0 bridgehead atoms. The SMILES string of the molecule is Cn1cc(NC(=O)c2cc(NC(=O)c3ccc(/C=C/c4cnc5ccccc5c4)cc3)cn2C)cc1C(=O)NCCC1CCCCC1. The summed E-state index contributed by atoms with van der Waals surface area (Å²) in [6.45, 7) is 0.652. The lowest BCUT2D eigenvalue weighted by atomic mass is 9.87. The minimum absolute atomic E-state index is 0.154. The Hall–Kier alpha value is -5.44. The third-order valence-corrected chi connectivity index (χ3v) is 8.81. The number of pyridine rings is 1. The van der Waals surface area contributed by atoms with E-state index in [1.807, 2.05) is 54.7 Å². The number of rotatable bonds is 10. The normalized spacial score (nSPS) is 13.6. The van der Waals surface area contributed by atoms with Gasteiger partial charge in [0.05, 0.1) is 16.9 Å². The van der Waals surface area contributed by atoms with E-state index in [-0.39, 0.29) is 17.7 Å². The Labute approximate surface area is 274 Å². The van der Waals surface area contributed by atoms with Gasteiger partial charge in [-0.2, -0.15) is 0 Å². The van der Waals surface area contributed by atoms with Gasteiger partial charge < -0.3 is 25.1 Å². The molecule has 0 spiro atoms. The molecule has 0 aliphatic heterocycles. The van der Waals surface area contributed by atoms with Crippen LogP contribution in [0.3, 0.4) is 0 Å². The van der Waals surface area contributed by atoms with Gasteiger partial charge in [-0.25, -0.2) is 0 Å². The van der Waals surface area contributed by atoms with Crippen LogP contribution in [0.15, 0.2) is 85.3 Å². The van der Waals surface area contributed by atoms with Gasteiger partial charge in [-0.3, -0.25) is 19.4 Å². The van der Waals surface area contributed by atoms with Crippen LogP contribution in [0.5, 0.6) is 0 Å². The van der Waals surface area contributed by atoms with E-state index in [9.17, 15) is 14.4 Å². The number of carbonyl (C=O) groups is 3. The molecule has 0 unspecified atom stereocenters. The molecule has 6 rings (SSSR count). The zero-order chi connectivity index (χ0) is 32.8. The number of hydrogen-bond acceptors (Lipinski definition) is 4. The molecule has 9 nitrogen and oxygen atoms in total. The van der Waals surface area contributed by atoms with Gasteiger partial charge in [0.1, 0.15) is 11.4 Å². The predicted octanol–water partition coefficient (Wildman–Crippen LogP) is 7.29. The number of benzene rings is 2. The van der Waals surface area contributed by atoms with Crippen molar-refractivity contribution in [3.63, 3.8) is 0 Å². The van der Waals surface area contributed by atoms with E-state index in [0.717, 1.165) is 28.5 Å². The molecular weight excluding hydrogens is 588 g/mol. The molecule has 1 aliphatic carbocycles. The summed E-state index contributed by atoms with van der Waals surface area (Å²) >= 11 is 0. The molecule has 1 fully saturated rings. The molecule has 2 aromatic carbocycles. The highest BCUT2D eigenvalue weighted by atomic mass is 16.2. The summed E-state index contributed by atoms with van der Waals surface area (Å²) in [4.78, 5) is 43.4. The summed E-state index contributed by atoms with van der Waals surface area (Å²) in [5.74, 6) is -0.0842. The van der Waals surface area contributed by atoms with E-state index < -0.39 is 0 Å². The van der Waals surface area contributed by atoms with Gasteiger partial charge >= 0.3 is 0 Å². The largest absolute Gasteiger partial charge is 0.351 e. The van der Waals surface area contributed by atoms with Crippen LogP contribution in [0.1, 0.15) is 81.0 Å². The lowest BCUT2D eigenvalue weighted by Crippen LogP contribution is -2.27. The molecule has 9 heteroatoms. The zero-order valence-electron chi connectivity index (χ0n) is 26.8. The van der Waals surface area contributed by atoms with E-state index in [4.69, 9.17) is 0 Å². The van der Waals surface area contributed by atoms with Gasteiger partial charge in [-0.05, 0) is 59.9 Å². The van der Waals surface area contributed by atoms with Crippen molar-refractivity contribution >= 4 is 52.2 Å². The van der Waals surface area contributed by atoms with Crippen molar-refractivity contribution < 1.29 is 14.4 Å². The van der Waals surface area contributed by atoms with Crippen molar-refractivity contribution in [3.05, 3.63) is 113 Å². The van der Waals surface area contributed by atoms with Crippen LogP contribution in [-0.4, -0.2) is 38.4 Å². The quantitative estimate of drug-likeness (QED) is 0.151. The lowest BCUT2D eigenvalue weighted by Gasteiger charge is -2.21. The Kier molecular flexibility index (Phi) is 9.61. The highest BCUT2D eigenvalue weighted by molar-refractivity contribution is 6.07. The molecule has 3 heterocycles. The monoisotopic (exact) mass is 628 g/mol. The first-order valence-electron chi connectivity index (χ1n) is 16.2. The van der Waals surface area contributed by atoms with Crippen LogP contribution in [-0.2, 0) is 14.1 Å². The summed E-state index contributed by atoms with van der Waals surface area (Å²) < 4.78 is 3.37. The maximum absolute atomic E-state index is 13.1. The fraction of sp³-hybridized carbons (Fsp3) is 0.263. The van der Waals surface area contributed by atoms with Gasteiger partial charge in [-0.15, -0.1) is 0 Å². The first-order chi connectivity index (χ1) is 22.8. The van der Waals surface area contributed by atoms with Crippen molar-refractivity contribution in [2.45, 2.75) is 38.5 Å². The van der Waals surface area contributed by atoms with Gasteiger partial charge in [0.25, 0.3) is 17.7 Å². The molecule has 0 atom stereocenters. The van der Waals surface area contributed by atoms with Crippen LogP contribution in [0.2, 0.25) is 0 Å². The number of para-hydroxylation sites is 1. The number of anilines is 2. The second-order valence-electron chi connectivity index (χ2n) is 12.3.